The number of benzene rings is 1. The van der Waals surface area contributed by atoms with Crippen molar-refractivity contribution in [2.75, 3.05) is 26.2 Å². The predicted molar refractivity (Wildman–Crippen MR) is 112 cm³/mol. The molecule has 2 aliphatic heterocycles. The Morgan fingerprint density at radius 2 is 1.90 bits per heavy atom. The summed E-state index contributed by atoms with van der Waals surface area (Å²) in [7, 11) is 0. The summed E-state index contributed by atoms with van der Waals surface area (Å²) >= 11 is 3.32. The number of piperazine rings is 1. The molecule has 0 radical (unpaired) electrons. The lowest BCUT2D eigenvalue weighted by molar-refractivity contribution is -0.142. The molecule has 1 amide bonds. The van der Waals surface area contributed by atoms with Gasteiger partial charge in [0.15, 0.2) is 11.3 Å². The molecule has 4 heterocycles. The largest absolute Gasteiger partial charge is 0.433 e. The van der Waals surface area contributed by atoms with Gasteiger partial charge in [-0.3, -0.25) is 9.69 Å². The average Bonchev–Trinajstić information content (AvgIpc) is 3.38. The number of hydrogen-bond donors (Lipinski definition) is 0. The highest BCUT2D eigenvalue weighted by Crippen LogP contribution is 2.33. The molecule has 6 nitrogen and oxygen atoms in total. The monoisotopic (exact) mass is 493 g/mol. The molecule has 1 aromatic carbocycles. The summed E-state index contributed by atoms with van der Waals surface area (Å²) in [6.07, 6.45) is -1.31. The molecule has 1 atom stereocenters. The zero-order valence-electron chi connectivity index (χ0n) is 16.4. The molecule has 0 bridgehead atoms. The molecule has 2 aliphatic rings. The number of nitrogens with zero attached hydrogens (tertiary/aromatic N) is 5. The summed E-state index contributed by atoms with van der Waals surface area (Å²) in [6.45, 7) is 2.94. The van der Waals surface area contributed by atoms with Crippen LogP contribution >= 0.6 is 15.9 Å². The van der Waals surface area contributed by atoms with Crippen molar-refractivity contribution in [1.82, 2.24) is 24.4 Å². The van der Waals surface area contributed by atoms with Gasteiger partial charge in [0.1, 0.15) is 5.56 Å². The van der Waals surface area contributed by atoms with E-state index in [1.54, 1.807) is 29.2 Å². The predicted octanol–water partition coefficient (Wildman–Crippen LogP) is 4.10. The fraction of sp³-hybridized carbons (Fsp3) is 0.381. The van der Waals surface area contributed by atoms with Crippen LogP contribution in [0.3, 0.4) is 0 Å². The zero-order valence-corrected chi connectivity index (χ0v) is 18.0. The van der Waals surface area contributed by atoms with Crippen molar-refractivity contribution in [3.63, 3.8) is 0 Å². The van der Waals surface area contributed by atoms with E-state index < -0.39 is 11.9 Å². The third-order valence-electron chi connectivity index (χ3n) is 6.01. The van der Waals surface area contributed by atoms with Crippen LogP contribution < -0.4 is 0 Å². The van der Waals surface area contributed by atoms with Gasteiger partial charge in [-0.05, 0) is 37.6 Å². The van der Waals surface area contributed by atoms with E-state index in [4.69, 9.17) is 0 Å². The minimum atomic E-state index is -4.65. The lowest BCUT2D eigenvalue weighted by atomic mass is 10.1. The molecular weight excluding hydrogens is 475 g/mol. The van der Waals surface area contributed by atoms with E-state index in [9.17, 15) is 18.0 Å². The number of fused-ring (bicyclic) bond motifs is 2. The first-order valence-electron chi connectivity index (χ1n) is 10.1. The van der Waals surface area contributed by atoms with E-state index in [1.165, 1.54) is 6.20 Å². The molecule has 2 aromatic heterocycles. The van der Waals surface area contributed by atoms with Crippen LogP contribution in [0.2, 0.25) is 0 Å². The maximum atomic E-state index is 13.8. The highest BCUT2D eigenvalue weighted by Gasteiger charge is 2.37. The summed E-state index contributed by atoms with van der Waals surface area (Å²) in [5, 5.41) is 3.89. The van der Waals surface area contributed by atoms with Crippen molar-refractivity contribution in [3.05, 3.63) is 52.3 Å². The van der Waals surface area contributed by atoms with Gasteiger partial charge in [-0.15, -0.1) is 0 Å². The van der Waals surface area contributed by atoms with Crippen molar-refractivity contribution < 1.29 is 18.0 Å². The molecule has 162 valence electrons. The van der Waals surface area contributed by atoms with Gasteiger partial charge in [-0.2, -0.15) is 18.3 Å². The summed E-state index contributed by atoms with van der Waals surface area (Å²) in [5.41, 5.74) is -0.282. The normalized spacial score (nSPS) is 19.7. The van der Waals surface area contributed by atoms with Gasteiger partial charge >= 0.3 is 6.18 Å². The minimum absolute atomic E-state index is 0.0772. The third kappa shape index (κ3) is 3.71. The molecule has 0 spiro atoms. The molecular formula is C21H19BrF3N5O. The van der Waals surface area contributed by atoms with E-state index in [-0.39, 0.29) is 22.8 Å². The Morgan fingerprint density at radius 3 is 2.65 bits per heavy atom. The van der Waals surface area contributed by atoms with Crippen LogP contribution in [0.25, 0.3) is 16.9 Å². The van der Waals surface area contributed by atoms with Crippen LogP contribution in [0.4, 0.5) is 13.2 Å². The summed E-state index contributed by atoms with van der Waals surface area (Å²) < 4.78 is 42.9. The van der Waals surface area contributed by atoms with Gasteiger partial charge in [-0.1, -0.05) is 28.1 Å². The number of carbonyl (C=O) groups is 1. The fourth-order valence-corrected chi connectivity index (χ4v) is 4.69. The summed E-state index contributed by atoms with van der Waals surface area (Å²) in [5.74, 6) is -0.324. The van der Waals surface area contributed by atoms with Crippen LogP contribution in [-0.4, -0.2) is 62.5 Å². The second-order valence-electron chi connectivity index (χ2n) is 7.91. The van der Waals surface area contributed by atoms with E-state index in [0.29, 0.717) is 24.7 Å². The highest BCUT2D eigenvalue weighted by atomic mass is 79.9. The van der Waals surface area contributed by atoms with Gasteiger partial charge in [0.25, 0.3) is 5.91 Å². The maximum Gasteiger partial charge on any atom is 0.433 e. The number of hydrogen-bond acceptors (Lipinski definition) is 4. The maximum absolute atomic E-state index is 13.8. The van der Waals surface area contributed by atoms with Crippen LogP contribution in [-0.2, 0) is 6.18 Å². The second-order valence-corrected chi connectivity index (χ2v) is 8.82. The van der Waals surface area contributed by atoms with E-state index in [0.717, 1.165) is 41.0 Å². The topological polar surface area (TPSA) is 53.7 Å². The van der Waals surface area contributed by atoms with Crippen molar-refractivity contribution in [2.24, 2.45) is 0 Å². The molecule has 0 saturated carbocycles. The Balaban J connectivity index is 1.58. The molecule has 31 heavy (non-hydrogen) atoms. The van der Waals surface area contributed by atoms with Crippen molar-refractivity contribution in [2.45, 2.75) is 25.1 Å². The zero-order chi connectivity index (χ0) is 21.8. The van der Waals surface area contributed by atoms with Crippen molar-refractivity contribution in [1.29, 1.82) is 0 Å². The lowest BCUT2D eigenvalue weighted by Crippen LogP contribution is -2.52. The van der Waals surface area contributed by atoms with Gasteiger partial charge < -0.3 is 4.90 Å². The SMILES string of the molecule is O=C(c1cnn2c(C(F)(F)F)cc(-c3ccc(Br)cc3)nc12)N1CCN2CCCC2C1. The number of rotatable bonds is 2. The number of aromatic nitrogens is 3. The number of alkyl halides is 3. The minimum Gasteiger partial charge on any atom is -0.336 e. The average molecular weight is 494 g/mol. The van der Waals surface area contributed by atoms with Crippen LogP contribution in [0.1, 0.15) is 28.9 Å². The van der Waals surface area contributed by atoms with Gasteiger partial charge in [-0.25, -0.2) is 9.50 Å². The smallest absolute Gasteiger partial charge is 0.336 e. The first kappa shape index (κ1) is 20.4. The lowest BCUT2D eigenvalue weighted by Gasteiger charge is -2.37. The second kappa shape index (κ2) is 7.59. The Labute approximate surface area is 184 Å². The van der Waals surface area contributed by atoms with Crippen molar-refractivity contribution in [3.8, 4) is 11.3 Å². The van der Waals surface area contributed by atoms with E-state index in [2.05, 4.69) is 30.9 Å². The molecule has 1 unspecified atom stereocenters. The molecule has 3 aromatic rings. The van der Waals surface area contributed by atoms with Crippen LogP contribution in [0, 0.1) is 0 Å². The van der Waals surface area contributed by atoms with E-state index in [1.807, 2.05) is 0 Å². The summed E-state index contributed by atoms with van der Waals surface area (Å²) in [6, 6.07) is 8.11. The number of carbonyl (C=O) groups excluding carboxylic acids is 1. The van der Waals surface area contributed by atoms with Crippen molar-refractivity contribution >= 4 is 27.5 Å². The first-order chi connectivity index (χ1) is 14.8. The quantitative estimate of drug-likeness (QED) is 0.539. The fourth-order valence-electron chi connectivity index (χ4n) is 4.43. The Hall–Kier alpha value is -2.46. The third-order valence-corrected chi connectivity index (χ3v) is 6.54. The molecule has 10 heteroatoms. The number of amides is 1. The molecule has 2 fully saturated rings. The van der Waals surface area contributed by atoms with Crippen LogP contribution in [0.15, 0.2) is 41.0 Å². The number of halogens is 4. The molecule has 2 saturated heterocycles. The standard InChI is InChI=1S/C21H19BrF3N5O/c22-14-5-3-13(4-6-14)17-10-18(21(23,24)25)30-19(27-17)16(11-26-30)20(31)29-9-8-28-7-1-2-15(28)12-29/h3-6,10-11,15H,1-2,7-9,12H2. The first-order valence-corrected chi connectivity index (χ1v) is 10.9. The molecule has 0 N–H and O–H groups in total. The van der Waals surface area contributed by atoms with Crippen LogP contribution in [0.5, 0.6) is 0 Å². The molecule has 5 rings (SSSR count). The Kier molecular flexibility index (Phi) is 5.01. The Morgan fingerprint density at radius 1 is 1.13 bits per heavy atom. The van der Waals surface area contributed by atoms with Gasteiger partial charge in [0.2, 0.25) is 0 Å². The van der Waals surface area contributed by atoms with E-state index >= 15 is 0 Å². The van der Waals surface area contributed by atoms with Gasteiger partial charge in [0, 0.05) is 35.7 Å². The summed E-state index contributed by atoms with van der Waals surface area (Å²) in [4.78, 5) is 21.7. The highest BCUT2D eigenvalue weighted by molar-refractivity contribution is 9.10. The van der Waals surface area contributed by atoms with Gasteiger partial charge in [0.05, 0.1) is 11.9 Å². The Bertz CT molecular complexity index is 1140. The molecule has 0 aliphatic carbocycles.